The van der Waals surface area contributed by atoms with Crippen LogP contribution in [0.15, 0.2) is 30.3 Å². The molecule has 0 bridgehead atoms. The van der Waals surface area contributed by atoms with Crippen molar-refractivity contribution in [2.75, 3.05) is 11.9 Å². The number of alkyl halides is 3. The molecule has 0 atom stereocenters. The number of hydrogen-bond donors (Lipinski definition) is 1. The van der Waals surface area contributed by atoms with Gasteiger partial charge in [-0.3, -0.25) is 9.59 Å². The van der Waals surface area contributed by atoms with Crippen molar-refractivity contribution in [2.45, 2.75) is 32.9 Å². The average molecular weight is 398 g/mol. The maximum atomic E-state index is 13.7. The normalized spacial score (nSPS) is 11.2. The summed E-state index contributed by atoms with van der Waals surface area (Å²) in [5, 5.41) is 2.50. The van der Waals surface area contributed by atoms with E-state index in [1.165, 1.54) is 13.0 Å². The van der Waals surface area contributed by atoms with Crippen molar-refractivity contribution in [1.29, 1.82) is 0 Å². The fourth-order valence-corrected chi connectivity index (χ4v) is 2.43. The zero-order valence-corrected chi connectivity index (χ0v) is 15.2. The number of rotatable bonds is 7. The van der Waals surface area contributed by atoms with Crippen LogP contribution in [0, 0.1) is 12.7 Å². The molecule has 1 aromatic carbocycles. The lowest BCUT2D eigenvalue weighted by Crippen LogP contribution is -2.10. The molecule has 28 heavy (non-hydrogen) atoms. The molecule has 0 saturated heterocycles. The van der Waals surface area contributed by atoms with Gasteiger partial charge in [-0.2, -0.15) is 13.2 Å². The third-order valence-electron chi connectivity index (χ3n) is 3.64. The number of carbonyl (C=O) groups is 2. The molecule has 0 unspecified atom stereocenters. The van der Waals surface area contributed by atoms with Crippen molar-refractivity contribution in [3.8, 4) is 5.75 Å². The van der Waals surface area contributed by atoms with Gasteiger partial charge < -0.3 is 10.1 Å². The van der Waals surface area contributed by atoms with Gasteiger partial charge in [-0.25, -0.2) is 9.37 Å². The fourth-order valence-electron chi connectivity index (χ4n) is 2.43. The highest BCUT2D eigenvalue weighted by Crippen LogP contribution is 2.32. The minimum absolute atomic E-state index is 0.0450. The minimum Gasteiger partial charge on any atom is -0.491 e. The molecule has 1 N–H and O–H groups in total. The minimum atomic E-state index is -4.63. The van der Waals surface area contributed by atoms with Crippen LogP contribution in [0.2, 0.25) is 0 Å². The molecule has 150 valence electrons. The molecule has 2 rings (SSSR count). The molecule has 2 aromatic rings. The smallest absolute Gasteiger partial charge is 0.416 e. The number of aromatic nitrogens is 1. The van der Waals surface area contributed by atoms with Gasteiger partial charge in [0.25, 0.3) is 0 Å². The van der Waals surface area contributed by atoms with Crippen LogP contribution in [0.3, 0.4) is 0 Å². The second kappa shape index (κ2) is 8.81. The van der Waals surface area contributed by atoms with Crippen LogP contribution >= 0.6 is 0 Å². The van der Waals surface area contributed by atoms with Crippen molar-refractivity contribution in [3.05, 3.63) is 53.0 Å². The Labute approximate surface area is 158 Å². The first-order chi connectivity index (χ1) is 13.1. The van der Waals surface area contributed by atoms with Gasteiger partial charge in [0.15, 0.2) is 17.3 Å². The number of aryl methyl sites for hydroxylation is 1. The summed E-state index contributed by atoms with van der Waals surface area (Å²) in [7, 11) is 0. The lowest BCUT2D eigenvalue weighted by molar-refractivity contribution is -0.137. The Balaban J connectivity index is 1.91. The van der Waals surface area contributed by atoms with Crippen molar-refractivity contribution in [3.63, 3.8) is 0 Å². The van der Waals surface area contributed by atoms with Crippen molar-refractivity contribution < 1.29 is 31.9 Å². The maximum absolute atomic E-state index is 13.7. The van der Waals surface area contributed by atoms with Gasteiger partial charge in [-0.1, -0.05) is 0 Å². The number of amides is 1. The fraction of sp³-hybridized carbons (Fsp3) is 0.316. The first kappa shape index (κ1) is 21.3. The van der Waals surface area contributed by atoms with E-state index in [9.17, 15) is 27.2 Å². The van der Waals surface area contributed by atoms with E-state index in [0.717, 1.165) is 12.1 Å². The van der Waals surface area contributed by atoms with Crippen LogP contribution in [-0.2, 0) is 11.0 Å². The molecule has 5 nitrogen and oxygen atoms in total. The van der Waals surface area contributed by atoms with Crippen LogP contribution in [0.25, 0.3) is 0 Å². The first-order valence-corrected chi connectivity index (χ1v) is 8.35. The number of benzene rings is 1. The summed E-state index contributed by atoms with van der Waals surface area (Å²) in [5.74, 6) is -1.71. The van der Waals surface area contributed by atoms with Gasteiger partial charge in [-0.15, -0.1) is 0 Å². The Kier molecular flexibility index (Phi) is 6.71. The summed E-state index contributed by atoms with van der Waals surface area (Å²) in [6.45, 7) is 2.96. The number of hydrogen-bond acceptors (Lipinski definition) is 4. The molecule has 0 radical (unpaired) electrons. The van der Waals surface area contributed by atoms with Gasteiger partial charge in [0.2, 0.25) is 5.91 Å². The largest absolute Gasteiger partial charge is 0.491 e. The average Bonchev–Trinajstić information content (AvgIpc) is 2.57. The molecule has 0 saturated carbocycles. The van der Waals surface area contributed by atoms with Crippen LogP contribution < -0.4 is 10.1 Å². The lowest BCUT2D eigenvalue weighted by Gasteiger charge is -2.10. The van der Waals surface area contributed by atoms with E-state index in [4.69, 9.17) is 4.74 Å². The van der Waals surface area contributed by atoms with E-state index >= 15 is 0 Å². The number of nitrogens with zero attached hydrogens (tertiary/aromatic N) is 1. The highest BCUT2D eigenvalue weighted by Gasteiger charge is 2.31. The highest BCUT2D eigenvalue weighted by atomic mass is 19.4. The summed E-state index contributed by atoms with van der Waals surface area (Å²) in [5.41, 5.74) is -0.190. The molecule has 0 aliphatic heterocycles. The monoisotopic (exact) mass is 398 g/mol. The zero-order valence-electron chi connectivity index (χ0n) is 15.2. The summed E-state index contributed by atoms with van der Waals surface area (Å²) in [6.07, 6.45) is -4.33. The molecular formula is C19H18F4N2O3. The Bertz CT molecular complexity index is 882. The summed E-state index contributed by atoms with van der Waals surface area (Å²) >= 11 is 0. The third-order valence-corrected chi connectivity index (χ3v) is 3.64. The molecule has 0 spiro atoms. The number of Topliss-reactive ketones (excluding diaryl/α,β-unsaturated/α-hetero) is 1. The molecule has 1 amide bonds. The number of carbonyl (C=O) groups excluding carboxylic acids is 2. The Morgan fingerprint density at radius 1 is 1.18 bits per heavy atom. The Hall–Kier alpha value is -2.97. The van der Waals surface area contributed by atoms with Crippen LogP contribution in [-0.4, -0.2) is 23.3 Å². The quantitative estimate of drug-likeness (QED) is 0.422. The number of pyridine rings is 1. The second-order valence-electron chi connectivity index (χ2n) is 6.08. The van der Waals surface area contributed by atoms with Gasteiger partial charge in [0.1, 0.15) is 5.82 Å². The van der Waals surface area contributed by atoms with Gasteiger partial charge in [0.05, 0.1) is 12.2 Å². The number of ketones is 1. The lowest BCUT2D eigenvalue weighted by atomic mass is 10.1. The van der Waals surface area contributed by atoms with E-state index in [0.29, 0.717) is 17.3 Å². The SMILES string of the molecule is CC(=O)Nc1cc(C(=O)CCCOc2ccc(C(F)(F)F)cc2F)cc(C)n1. The van der Waals surface area contributed by atoms with E-state index in [-0.39, 0.29) is 42.7 Å². The van der Waals surface area contributed by atoms with Crippen LogP contribution in [0.1, 0.15) is 41.4 Å². The predicted molar refractivity (Wildman–Crippen MR) is 93.7 cm³/mol. The number of ether oxygens (including phenoxy) is 1. The third kappa shape index (κ3) is 6.04. The van der Waals surface area contributed by atoms with Crippen LogP contribution in [0.4, 0.5) is 23.4 Å². The number of anilines is 1. The van der Waals surface area contributed by atoms with Crippen molar-refractivity contribution in [2.24, 2.45) is 0 Å². The van der Waals surface area contributed by atoms with Crippen molar-refractivity contribution in [1.82, 2.24) is 4.98 Å². The number of nitrogens with one attached hydrogen (secondary N) is 1. The summed E-state index contributed by atoms with van der Waals surface area (Å²) in [6, 6.07) is 5.03. The highest BCUT2D eigenvalue weighted by molar-refractivity contribution is 5.97. The number of halogens is 4. The summed E-state index contributed by atoms with van der Waals surface area (Å²) < 4.78 is 56.3. The van der Waals surface area contributed by atoms with Gasteiger partial charge >= 0.3 is 6.18 Å². The second-order valence-corrected chi connectivity index (χ2v) is 6.08. The summed E-state index contributed by atoms with van der Waals surface area (Å²) in [4.78, 5) is 27.5. The maximum Gasteiger partial charge on any atom is 0.416 e. The Morgan fingerprint density at radius 2 is 1.89 bits per heavy atom. The zero-order chi connectivity index (χ0) is 20.9. The first-order valence-electron chi connectivity index (χ1n) is 8.35. The molecule has 0 aliphatic carbocycles. The van der Waals surface area contributed by atoms with Crippen LogP contribution in [0.5, 0.6) is 5.75 Å². The van der Waals surface area contributed by atoms with Gasteiger partial charge in [-0.05, 0) is 43.7 Å². The molecule has 0 aliphatic rings. The predicted octanol–water partition coefficient (Wildman–Crippen LogP) is 4.55. The van der Waals surface area contributed by atoms with E-state index in [1.54, 1.807) is 13.0 Å². The van der Waals surface area contributed by atoms with E-state index < -0.39 is 17.6 Å². The molecule has 0 fully saturated rings. The van der Waals surface area contributed by atoms with E-state index in [1.807, 2.05) is 0 Å². The topological polar surface area (TPSA) is 68.3 Å². The Morgan fingerprint density at radius 3 is 2.50 bits per heavy atom. The van der Waals surface area contributed by atoms with Crippen molar-refractivity contribution >= 4 is 17.5 Å². The van der Waals surface area contributed by atoms with E-state index in [2.05, 4.69) is 10.3 Å². The van der Waals surface area contributed by atoms with Gasteiger partial charge in [0, 0.05) is 24.6 Å². The molecule has 1 aromatic heterocycles. The molecule has 9 heteroatoms. The molecule has 1 heterocycles. The standard InChI is InChI=1S/C19H18F4N2O3/c1-11-8-13(9-18(24-11)25-12(2)26)16(27)4-3-7-28-17-6-5-14(10-15(17)20)19(21,22)23/h5-6,8-10H,3-4,7H2,1-2H3,(H,24,25,26). The molecular weight excluding hydrogens is 380 g/mol.